The van der Waals surface area contributed by atoms with E-state index >= 15 is 0 Å². The highest BCUT2D eigenvalue weighted by atomic mass is 16.5. The number of anilines is 2. The lowest BCUT2D eigenvalue weighted by atomic mass is 10.2. The minimum absolute atomic E-state index is 0.558. The maximum atomic E-state index is 9.55. The molecule has 380 valence electrons. The lowest BCUT2D eigenvalue weighted by molar-refractivity contribution is -0.134. The van der Waals surface area contributed by atoms with Crippen LogP contribution in [-0.4, -0.2) is 186 Å². The highest BCUT2D eigenvalue weighted by Gasteiger charge is 2.26. The number of ether oxygens (including phenoxy) is 2. The molecule has 4 aliphatic rings. The van der Waals surface area contributed by atoms with Crippen LogP contribution in [-0.2, 0) is 77.3 Å². The molecule has 2 saturated heterocycles. The lowest BCUT2D eigenvalue weighted by Gasteiger charge is -2.33. The third-order valence-corrected chi connectivity index (χ3v) is 10.4. The van der Waals surface area contributed by atoms with Crippen LogP contribution in [0.5, 0.6) is 0 Å². The number of aryl methyl sites for hydroxylation is 2. The summed E-state index contributed by atoms with van der Waals surface area (Å²) in [5.74, 6) is -2.72. The molecule has 6 rings (SSSR count). The van der Waals surface area contributed by atoms with Gasteiger partial charge in [-0.2, -0.15) is 0 Å². The average Bonchev–Trinajstić information content (AvgIpc) is 3.83. The van der Waals surface area contributed by atoms with E-state index in [0.717, 1.165) is 118 Å². The number of carboxylic acids is 6. The summed E-state index contributed by atoms with van der Waals surface area (Å²) in [6.07, 6.45) is 7.89. The van der Waals surface area contributed by atoms with Gasteiger partial charge in [-0.15, -0.1) is 0 Å². The fourth-order valence-corrected chi connectivity index (χ4v) is 7.13. The number of aliphatic carboxylic acids is 6. The molecule has 0 bridgehead atoms. The van der Waals surface area contributed by atoms with E-state index in [9.17, 15) is 28.8 Å². The number of fused-ring (bicyclic) bond motifs is 2. The van der Waals surface area contributed by atoms with Gasteiger partial charge in [0.15, 0.2) is 0 Å². The Hall–Kier alpha value is -6.18. The average molecular weight is 963 g/mol. The first-order valence-electron chi connectivity index (χ1n) is 22.6. The molecular weight excluding hydrogens is 893 g/mol. The van der Waals surface area contributed by atoms with Crippen LogP contribution in [0.25, 0.3) is 0 Å². The summed E-state index contributed by atoms with van der Waals surface area (Å²) < 4.78 is 15.8. The van der Waals surface area contributed by atoms with E-state index in [1.807, 2.05) is 13.8 Å². The molecule has 0 aromatic carbocycles. The van der Waals surface area contributed by atoms with Gasteiger partial charge in [0, 0.05) is 127 Å². The number of carboxylic acid groups (broad SMARTS) is 6. The van der Waals surface area contributed by atoms with Crippen molar-refractivity contribution in [1.82, 2.24) is 39.5 Å². The lowest BCUT2D eigenvalue weighted by Crippen LogP contribution is -2.49. The Morgan fingerprint density at radius 1 is 0.559 bits per heavy atom. The maximum Gasteiger partial charge on any atom is 0.328 e. The van der Waals surface area contributed by atoms with Crippen molar-refractivity contribution in [3.05, 3.63) is 59.5 Å². The van der Waals surface area contributed by atoms with Gasteiger partial charge in [0.05, 0.1) is 37.7 Å². The smallest absolute Gasteiger partial charge is 0.328 e. The Morgan fingerprint density at radius 2 is 0.882 bits per heavy atom. The predicted octanol–water partition coefficient (Wildman–Crippen LogP) is 1.28. The SMILES string of the molecule is CCOCCn1c(CN2CCNCC2C)nc2c1NCCC2.CCOCCn1c(CN2CCNCC2C)nc2c1NCCC2.O=C(O)C=CC(=O)O.O=C(O)C=CC(=O)O.O=C(O)C=CC(=O)O. The summed E-state index contributed by atoms with van der Waals surface area (Å²) in [5.41, 5.74) is 2.47. The summed E-state index contributed by atoms with van der Waals surface area (Å²) in [7, 11) is 0. The third kappa shape index (κ3) is 23.0. The molecule has 0 amide bonds. The highest BCUT2D eigenvalue weighted by Crippen LogP contribution is 2.26. The number of hydrogen-bond donors (Lipinski definition) is 10. The Balaban J connectivity index is 0.000000320. The van der Waals surface area contributed by atoms with Crippen molar-refractivity contribution in [3.63, 3.8) is 0 Å². The Bertz CT molecular complexity index is 1780. The molecule has 10 N–H and O–H groups in total. The zero-order chi connectivity index (χ0) is 50.4. The molecule has 2 aromatic rings. The van der Waals surface area contributed by atoms with E-state index in [-0.39, 0.29) is 0 Å². The normalized spacial score (nSPS) is 17.8. The van der Waals surface area contributed by atoms with Crippen LogP contribution in [0.1, 0.15) is 63.6 Å². The van der Waals surface area contributed by atoms with Crippen LogP contribution < -0.4 is 21.3 Å². The predicted molar refractivity (Wildman–Crippen MR) is 250 cm³/mol. The van der Waals surface area contributed by atoms with Crippen LogP contribution in [0.15, 0.2) is 36.5 Å². The van der Waals surface area contributed by atoms with E-state index in [1.165, 1.54) is 47.5 Å². The molecule has 0 aliphatic carbocycles. The first-order valence-corrected chi connectivity index (χ1v) is 22.6. The Morgan fingerprint density at radius 3 is 1.16 bits per heavy atom. The van der Waals surface area contributed by atoms with Crippen LogP contribution in [0, 0.1) is 0 Å². The van der Waals surface area contributed by atoms with E-state index in [0.29, 0.717) is 48.5 Å². The number of rotatable bonds is 18. The van der Waals surface area contributed by atoms with Crippen molar-refractivity contribution in [2.75, 3.05) is 89.4 Å². The van der Waals surface area contributed by atoms with Crippen molar-refractivity contribution < 1.29 is 68.9 Å². The molecule has 2 aromatic heterocycles. The standard InChI is InChI=1S/2C16H29N5O.3C4H4O4/c2*1-3-22-10-9-21-15(12-20-8-7-17-11-13(20)2)19-14-5-4-6-18-16(14)21;3*5-3(6)1-2-4(7)8/h2*13,17-18H,3-12H2,1-2H3;3*1-2H,(H,5,6)(H,7,8). The number of aromatic nitrogens is 4. The largest absolute Gasteiger partial charge is 0.478 e. The third-order valence-electron chi connectivity index (χ3n) is 10.4. The van der Waals surface area contributed by atoms with Gasteiger partial charge in [-0.3, -0.25) is 9.80 Å². The molecule has 0 radical (unpaired) electrons. The number of piperazine rings is 2. The minimum atomic E-state index is -1.26. The van der Waals surface area contributed by atoms with Gasteiger partial charge in [0.1, 0.15) is 23.3 Å². The molecular formula is C44H70N10O14. The van der Waals surface area contributed by atoms with Crippen LogP contribution >= 0.6 is 0 Å². The minimum Gasteiger partial charge on any atom is -0.478 e. The first-order chi connectivity index (χ1) is 32.5. The van der Waals surface area contributed by atoms with Gasteiger partial charge in [-0.05, 0) is 53.4 Å². The van der Waals surface area contributed by atoms with E-state index in [1.54, 1.807) is 0 Å². The second-order valence-electron chi connectivity index (χ2n) is 15.5. The fraction of sp³-hybridized carbons (Fsp3) is 0.591. The van der Waals surface area contributed by atoms with E-state index < -0.39 is 35.8 Å². The number of nitrogens with one attached hydrogen (secondary N) is 4. The monoisotopic (exact) mass is 963 g/mol. The highest BCUT2D eigenvalue weighted by molar-refractivity contribution is 5.90. The first kappa shape index (κ1) is 57.9. The molecule has 6 heterocycles. The Kier molecular flexibility index (Phi) is 27.7. The van der Waals surface area contributed by atoms with Crippen LogP contribution in [0.2, 0.25) is 0 Å². The van der Waals surface area contributed by atoms with Gasteiger partial charge >= 0.3 is 35.8 Å². The van der Waals surface area contributed by atoms with Gasteiger partial charge in [-0.1, -0.05) is 0 Å². The fourth-order valence-electron chi connectivity index (χ4n) is 7.13. The van der Waals surface area contributed by atoms with Crippen molar-refractivity contribution in [2.45, 2.75) is 91.6 Å². The second-order valence-corrected chi connectivity index (χ2v) is 15.5. The number of nitrogens with zero attached hydrogens (tertiary/aromatic N) is 6. The molecule has 2 unspecified atom stereocenters. The Labute approximate surface area is 395 Å². The van der Waals surface area contributed by atoms with Gasteiger partial charge in [-0.25, -0.2) is 38.7 Å². The van der Waals surface area contributed by atoms with Crippen LogP contribution in [0.3, 0.4) is 0 Å². The molecule has 24 nitrogen and oxygen atoms in total. The van der Waals surface area contributed by atoms with Crippen molar-refractivity contribution in [2.24, 2.45) is 0 Å². The molecule has 0 saturated carbocycles. The number of imidazole rings is 2. The number of hydrogen-bond acceptors (Lipinski definition) is 16. The van der Waals surface area contributed by atoms with E-state index in [4.69, 9.17) is 50.1 Å². The zero-order valence-electron chi connectivity index (χ0n) is 39.4. The van der Waals surface area contributed by atoms with Gasteiger partial charge in [0.25, 0.3) is 0 Å². The van der Waals surface area contributed by atoms with E-state index in [2.05, 4.69) is 54.0 Å². The molecule has 0 spiro atoms. The number of carbonyl (C=O) groups is 6. The molecule has 24 heteroatoms. The maximum absolute atomic E-state index is 9.55. The van der Waals surface area contributed by atoms with Gasteiger partial charge < -0.3 is 70.5 Å². The molecule has 68 heavy (non-hydrogen) atoms. The zero-order valence-corrected chi connectivity index (χ0v) is 39.4. The second kappa shape index (κ2) is 32.5. The van der Waals surface area contributed by atoms with Crippen molar-refractivity contribution >= 4 is 47.5 Å². The molecule has 2 atom stereocenters. The quantitative estimate of drug-likeness (QED) is 0.0743. The summed E-state index contributed by atoms with van der Waals surface area (Å²) in [4.78, 5) is 72.3. The van der Waals surface area contributed by atoms with Crippen LogP contribution in [0.4, 0.5) is 11.6 Å². The molecule has 4 aliphatic heterocycles. The summed E-state index contributed by atoms with van der Waals surface area (Å²) >= 11 is 0. The summed E-state index contributed by atoms with van der Waals surface area (Å²) in [6.45, 7) is 23.9. The van der Waals surface area contributed by atoms with Crippen molar-refractivity contribution in [1.29, 1.82) is 0 Å². The topological polar surface area (TPSA) is 332 Å². The van der Waals surface area contributed by atoms with Gasteiger partial charge in [0.2, 0.25) is 0 Å². The summed E-state index contributed by atoms with van der Waals surface area (Å²) in [6, 6.07) is 1.13. The summed E-state index contributed by atoms with van der Waals surface area (Å²) in [5, 5.41) is 60.9. The molecule has 2 fully saturated rings. The van der Waals surface area contributed by atoms with Crippen molar-refractivity contribution in [3.8, 4) is 0 Å².